The van der Waals surface area contributed by atoms with Crippen LogP contribution >= 0.6 is 0 Å². The highest BCUT2D eigenvalue weighted by atomic mass is 16.2. The molecule has 5 nitrogen and oxygen atoms in total. The van der Waals surface area contributed by atoms with Gasteiger partial charge in [0.05, 0.1) is 5.41 Å². The van der Waals surface area contributed by atoms with Crippen molar-refractivity contribution in [2.45, 2.75) is 25.7 Å². The lowest BCUT2D eigenvalue weighted by atomic mass is 9.79. The molecule has 1 aliphatic rings. The van der Waals surface area contributed by atoms with Crippen LogP contribution in [0, 0.1) is 5.41 Å². The second-order valence-corrected chi connectivity index (χ2v) is 9.14. The highest BCUT2D eigenvalue weighted by molar-refractivity contribution is 5.85. The van der Waals surface area contributed by atoms with Crippen molar-refractivity contribution in [2.24, 2.45) is 5.41 Å². The molecule has 0 bridgehead atoms. The van der Waals surface area contributed by atoms with Crippen LogP contribution in [0.3, 0.4) is 0 Å². The van der Waals surface area contributed by atoms with Gasteiger partial charge in [-0.2, -0.15) is 0 Å². The van der Waals surface area contributed by atoms with Gasteiger partial charge in [-0.3, -0.25) is 14.6 Å². The number of amides is 2. The summed E-state index contributed by atoms with van der Waals surface area (Å²) in [6.07, 6.45) is 5.94. The fourth-order valence-corrected chi connectivity index (χ4v) is 4.80. The fraction of sp³-hybridized carbons (Fsp3) is 0.321. The average Bonchev–Trinajstić information content (AvgIpc) is 3.28. The first-order valence-corrected chi connectivity index (χ1v) is 11.5. The maximum atomic E-state index is 13.4. The summed E-state index contributed by atoms with van der Waals surface area (Å²) in [5, 5.41) is 0. The van der Waals surface area contributed by atoms with Gasteiger partial charge in [0, 0.05) is 46.0 Å². The van der Waals surface area contributed by atoms with Gasteiger partial charge in [-0.1, -0.05) is 54.6 Å². The van der Waals surface area contributed by atoms with Crippen molar-refractivity contribution in [1.82, 2.24) is 14.8 Å². The fourth-order valence-electron chi connectivity index (χ4n) is 4.80. The minimum absolute atomic E-state index is 0.0945. The monoisotopic (exact) mass is 441 g/mol. The summed E-state index contributed by atoms with van der Waals surface area (Å²) >= 11 is 0. The van der Waals surface area contributed by atoms with Crippen LogP contribution in [0.2, 0.25) is 0 Å². The first-order valence-electron chi connectivity index (χ1n) is 11.5. The van der Waals surface area contributed by atoms with E-state index >= 15 is 0 Å². The molecule has 170 valence electrons. The number of likely N-dealkylation sites (tertiary alicyclic amines) is 1. The average molecular weight is 442 g/mol. The molecule has 0 radical (unpaired) electrons. The number of carbonyl (C=O) groups is 2. The van der Waals surface area contributed by atoms with Gasteiger partial charge in [-0.25, -0.2) is 0 Å². The van der Waals surface area contributed by atoms with Gasteiger partial charge in [0.15, 0.2) is 0 Å². The van der Waals surface area contributed by atoms with Crippen LogP contribution in [0.15, 0.2) is 79.1 Å². The summed E-state index contributed by atoms with van der Waals surface area (Å²) in [6, 6.07) is 22.6. The van der Waals surface area contributed by atoms with Gasteiger partial charge >= 0.3 is 0 Å². The third kappa shape index (κ3) is 5.30. The van der Waals surface area contributed by atoms with E-state index < -0.39 is 5.41 Å². The van der Waals surface area contributed by atoms with Crippen molar-refractivity contribution in [3.8, 4) is 11.1 Å². The minimum atomic E-state index is -0.592. The molecular formula is C28H31N3O2. The Bertz CT molecular complexity index is 1100. The lowest BCUT2D eigenvalue weighted by Gasteiger charge is -2.31. The number of carbonyl (C=O) groups excluding carboxylic acids is 2. The Balaban J connectivity index is 1.51. The van der Waals surface area contributed by atoms with Gasteiger partial charge in [-0.15, -0.1) is 0 Å². The predicted molar refractivity (Wildman–Crippen MR) is 130 cm³/mol. The molecule has 3 aromatic rings. The number of benzene rings is 2. The molecule has 1 atom stereocenters. The molecule has 1 aromatic heterocycles. The van der Waals surface area contributed by atoms with Gasteiger partial charge in [-0.05, 0) is 53.6 Å². The zero-order chi connectivity index (χ0) is 23.3. The Morgan fingerprint density at radius 1 is 0.939 bits per heavy atom. The molecule has 5 heteroatoms. The molecule has 1 fully saturated rings. The molecule has 33 heavy (non-hydrogen) atoms. The van der Waals surface area contributed by atoms with E-state index in [1.54, 1.807) is 31.4 Å². The summed E-state index contributed by atoms with van der Waals surface area (Å²) in [5.74, 6) is 0.204. The number of hydrogen-bond acceptors (Lipinski definition) is 3. The highest BCUT2D eigenvalue weighted by Crippen LogP contribution is 2.37. The van der Waals surface area contributed by atoms with Crippen LogP contribution in [-0.2, 0) is 22.4 Å². The Morgan fingerprint density at radius 3 is 2.39 bits per heavy atom. The summed E-state index contributed by atoms with van der Waals surface area (Å²) in [4.78, 5) is 33.9. The molecule has 2 aromatic carbocycles. The van der Waals surface area contributed by atoms with Crippen molar-refractivity contribution >= 4 is 11.8 Å². The van der Waals surface area contributed by atoms with E-state index in [0.717, 1.165) is 22.3 Å². The number of rotatable bonds is 7. The molecule has 0 aliphatic carbocycles. The van der Waals surface area contributed by atoms with E-state index in [1.807, 2.05) is 35.2 Å². The van der Waals surface area contributed by atoms with Gasteiger partial charge in [0.2, 0.25) is 11.8 Å². The molecule has 0 spiro atoms. The number of aryl methyl sites for hydroxylation is 1. The van der Waals surface area contributed by atoms with E-state index in [-0.39, 0.29) is 11.8 Å². The molecule has 1 saturated heterocycles. The van der Waals surface area contributed by atoms with Crippen LogP contribution < -0.4 is 0 Å². The normalized spacial score (nSPS) is 17.7. The van der Waals surface area contributed by atoms with E-state index in [9.17, 15) is 9.59 Å². The minimum Gasteiger partial charge on any atom is -0.348 e. The Kier molecular flexibility index (Phi) is 6.87. The lowest BCUT2D eigenvalue weighted by molar-refractivity contribution is -0.139. The van der Waals surface area contributed by atoms with Crippen LogP contribution in [0.5, 0.6) is 0 Å². The topological polar surface area (TPSA) is 53.5 Å². The molecule has 2 heterocycles. The maximum absolute atomic E-state index is 13.4. The Hall–Kier alpha value is -3.47. The molecule has 4 rings (SSSR count). The Morgan fingerprint density at radius 2 is 1.67 bits per heavy atom. The van der Waals surface area contributed by atoms with Crippen LogP contribution in [-0.4, -0.2) is 53.8 Å². The zero-order valence-corrected chi connectivity index (χ0v) is 19.4. The molecule has 1 unspecified atom stereocenters. The van der Waals surface area contributed by atoms with E-state index in [2.05, 4.69) is 41.4 Å². The summed E-state index contributed by atoms with van der Waals surface area (Å²) in [6.45, 7) is 1.09. The zero-order valence-electron chi connectivity index (χ0n) is 19.4. The van der Waals surface area contributed by atoms with Gasteiger partial charge in [0.25, 0.3) is 0 Å². The lowest BCUT2D eigenvalue weighted by Crippen LogP contribution is -2.44. The van der Waals surface area contributed by atoms with Crippen molar-refractivity contribution in [3.05, 3.63) is 90.3 Å². The molecular weight excluding hydrogens is 410 g/mol. The molecule has 2 amide bonds. The smallest absolute Gasteiger partial charge is 0.230 e. The molecule has 0 N–H and O–H groups in total. The standard InChI is InChI=1S/C28H31N3O2/c1-30(2)27(33)28(20-23-7-6-10-25(19-23)24-8-4-3-5-9-24)15-18-31(21-28)26(32)12-11-22-13-16-29-17-14-22/h3-10,13-14,16-17,19H,11-12,15,18,20-21H2,1-2H3. The number of pyridine rings is 1. The SMILES string of the molecule is CN(C)C(=O)C1(Cc2cccc(-c3ccccc3)c2)CCN(C(=O)CCc2ccncc2)C1. The van der Waals surface area contributed by atoms with Crippen LogP contribution in [0.4, 0.5) is 0 Å². The quantitative estimate of drug-likeness (QED) is 0.551. The maximum Gasteiger partial charge on any atom is 0.230 e. The first-order chi connectivity index (χ1) is 16.0. The van der Waals surface area contributed by atoms with E-state index in [4.69, 9.17) is 0 Å². The summed E-state index contributed by atoms with van der Waals surface area (Å²) in [7, 11) is 3.61. The summed E-state index contributed by atoms with van der Waals surface area (Å²) < 4.78 is 0. The second-order valence-electron chi connectivity index (χ2n) is 9.14. The number of aromatic nitrogens is 1. The molecule has 1 aliphatic heterocycles. The van der Waals surface area contributed by atoms with Gasteiger partial charge in [0.1, 0.15) is 0 Å². The third-order valence-electron chi connectivity index (χ3n) is 6.52. The van der Waals surface area contributed by atoms with Crippen molar-refractivity contribution in [1.29, 1.82) is 0 Å². The van der Waals surface area contributed by atoms with Crippen LogP contribution in [0.1, 0.15) is 24.0 Å². The van der Waals surface area contributed by atoms with Crippen molar-refractivity contribution in [2.75, 3.05) is 27.2 Å². The largest absolute Gasteiger partial charge is 0.348 e. The van der Waals surface area contributed by atoms with E-state index in [1.165, 1.54) is 0 Å². The highest BCUT2D eigenvalue weighted by Gasteiger charge is 2.46. The second kappa shape index (κ2) is 9.99. The predicted octanol–water partition coefficient (Wildman–Crippen LogP) is 4.23. The summed E-state index contributed by atoms with van der Waals surface area (Å²) in [5.41, 5.74) is 3.93. The van der Waals surface area contributed by atoms with Crippen molar-refractivity contribution < 1.29 is 9.59 Å². The van der Waals surface area contributed by atoms with Crippen LogP contribution in [0.25, 0.3) is 11.1 Å². The third-order valence-corrected chi connectivity index (χ3v) is 6.52. The molecule has 0 saturated carbocycles. The number of nitrogens with zero attached hydrogens (tertiary/aromatic N) is 3. The van der Waals surface area contributed by atoms with E-state index in [0.29, 0.717) is 38.8 Å². The van der Waals surface area contributed by atoms with Gasteiger partial charge < -0.3 is 9.80 Å². The Labute approximate surface area is 196 Å². The first kappa shape index (κ1) is 22.7. The van der Waals surface area contributed by atoms with Crippen molar-refractivity contribution in [3.63, 3.8) is 0 Å². The number of hydrogen-bond donors (Lipinski definition) is 0.